The van der Waals surface area contributed by atoms with Crippen molar-refractivity contribution in [2.75, 3.05) is 6.54 Å². The maximum atomic E-state index is 12.8. The van der Waals surface area contributed by atoms with Crippen molar-refractivity contribution in [3.05, 3.63) is 71.3 Å². The van der Waals surface area contributed by atoms with Crippen molar-refractivity contribution >= 4 is 11.9 Å². The second kappa shape index (κ2) is 10.4. The Labute approximate surface area is 177 Å². The largest absolute Gasteiger partial charge is 0.449 e. The summed E-state index contributed by atoms with van der Waals surface area (Å²) < 4.78 is 5.43. The number of carbonyl (C=O) groups is 2. The molecule has 5 nitrogen and oxygen atoms in total. The number of benzene rings is 2. The molecule has 30 heavy (non-hydrogen) atoms. The molecule has 0 fully saturated rings. The molecule has 0 saturated carbocycles. The van der Waals surface area contributed by atoms with Gasteiger partial charge in [0.25, 0.3) is 5.91 Å². The smallest absolute Gasteiger partial charge is 0.339 e. The van der Waals surface area contributed by atoms with Gasteiger partial charge in [0.15, 0.2) is 6.10 Å². The minimum Gasteiger partial charge on any atom is -0.449 e. The normalized spacial score (nSPS) is 14.2. The summed E-state index contributed by atoms with van der Waals surface area (Å²) in [4.78, 5) is 25.1. The van der Waals surface area contributed by atoms with E-state index in [2.05, 4.69) is 17.5 Å². The molecule has 0 saturated heterocycles. The highest BCUT2D eigenvalue weighted by molar-refractivity contribution is 5.99. The average Bonchev–Trinajstić information content (AvgIpc) is 2.79. The molecular weight excluding hydrogens is 376 g/mol. The summed E-state index contributed by atoms with van der Waals surface area (Å²) in [5, 5.41) is 12.2. The molecule has 2 aromatic carbocycles. The predicted molar refractivity (Wildman–Crippen MR) is 116 cm³/mol. The van der Waals surface area contributed by atoms with Crippen molar-refractivity contribution in [2.24, 2.45) is 0 Å². The van der Waals surface area contributed by atoms with E-state index in [0.29, 0.717) is 28.8 Å². The lowest BCUT2D eigenvalue weighted by atomic mass is 9.96. The molecule has 2 aromatic rings. The van der Waals surface area contributed by atoms with Gasteiger partial charge in [-0.3, -0.25) is 4.79 Å². The van der Waals surface area contributed by atoms with E-state index >= 15 is 0 Å². The number of carbonyl (C=O) groups excluding carboxylic acids is 2. The molecule has 0 heterocycles. The van der Waals surface area contributed by atoms with E-state index < -0.39 is 12.1 Å². The Balaban J connectivity index is 1.64. The molecular formula is C25H26N2O3. The Bertz CT molecular complexity index is 988. The number of hydrogen-bond acceptors (Lipinski definition) is 4. The Morgan fingerprint density at radius 3 is 2.57 bits per heavy atom. The van der Waals surface area contributed by atoms with Gasteiger partial charge in [-0.15, -0.1) is 0 Å². The fourth-order valence-electron chi connectivity index (χ4n) is 3.61. The van der Waals surface area contributed by atoms with Gasteiger partial charge in [0.05, 0.1) is 17.2 Å². The van der Waals surface area contributed by atoms with Crippen LogP contribution >= 0.6 is 0 Å². The number of amides is 1. The molecule has 1 amide bonds. The number of esters is 1. The van der Waals surface area contributed by atoms with Crippen molar-refractivity contribution in [1.82, 2.24) is 5.32 Å². The first-order valence-electron chi connectivity index (χ1n) is 10.3. The van der Waals surface area contributed by atoms with E-state index in [1.54, 1.807) is 49.4 Å². The Morgan fingerprint density at radius 1 is 1.10 bits per heavy atom. The van der Waals surface area contributed by atoms with E-state index in [-0.39, 0.29) is 5.91 Å². The number of rotatable bonds is 7. The summed E-state index contributed by atoms with van der Waals surface area (Å²) in [5.41, 5.74) is 3.45. The van der Waals surface area contributed by atoms with Crippen LogP contribution in [0.15, 0.2) is 60.2 Å². The van der Waals surface area contributed by atoms with Gasteiger partial charge in [0.2, 0.25) is 0 Å². The van der Waals surface area contributed by atoms with Crippen LogP contribution < -0.4 is 5.32 Å². The Morgan fingerprint density at radius 2 is 1.83 bits per heavy atom. The van der Waals surface area contributed by atoms with Crippen molar-refractivity contribution in [3.8, 4) is 17.2 Å². The lowest BCUT2D eigenvalue weighted by Gasteiger charge is -2.16. The van der Waals surface area contributed by atoms with E-state index in [1.165, 1.54) is 18.4 Å². The average molecular weight is 402 g/mol. The van der Waals surface area contributed by atoms with Crippen LogP contribution in [0.5, 0.6) is 0 Å². The van der Waals surface area contributed by atoms with E-state index in [1.807, 2.05) is 6.07 Å². The molecule has 0 radical (unpaired) electrons. The van der Waals surface area contributed by atoms with E-state index in [4.69, 9.17) is 4.74 Å². The number of nitrogens with one attached hydrogen (secondary N) is 1. The highest BCUT2D eigenvalue weighted by atomic mass is 16.5. The zero-order valence-corrected chi connectivity index (χ0v) is 17.2. The zero-order chi connectivity index (χ0) is 21.3. The molecule has 0 spiro atoms. The fourth-order valence-corrected chi connectivity index (χ4v) is 3.61. The quantitative estimate of drug-likeness (QED) is 0.534. The SMILES string of the molecule is C[C@@H](OC(=O)c1ccccc1-c1ccccc1C#N)C(=O)NCCC1=CCCCC1. The molecule has 1 aliphatic carbocycles. The van der Waals surface area contributed by atoms with Crippen molar-refractivity contribution in [2.45, 2.75) is 45.1 Å². The summed E-state index contributed by atoms with van der Waals surface area (Å²) in [7, 11) is 0. The van der Waals surface area contributed by atoms with Crippen LogP contribution in [0.2, 0.25) is 0 Å². The summed E-state index contributed by atoms with van der Waals surface area (Å²) in [5.74, 6) is -0.898. The fraction of sp³-hybridized carbons (Fsp3) is 0.320. The van der Waals surface area contributed by atoms with Crippen molar-refractivity contribution < 1.29 is 14.3 Å². The third kappa shape index (κ3) is 5.36. The molecule has 5 heteroatoms. The summed E-state index contributed by atoms with van der Waals surface area (Å²) in [6, 6.07) is 16.2. The maximum absolute atomic E-state index is 12.8. The van der Waals surface area contributed by atoms with Gasteiger partial charge in [-0.2, -0.15) is 5.26 Å². The number of nitriles is 1. The zero-order valence-electron chi connectivity index (χ0n) is 17.2. The van der Waals surface area contributed by atoms with Crippen LogP contribution in [0.1, 0.15) is 54.9 Å². The molecule has 1 atom stereocenters. The number of hydrogen-bond donors (Lipinski definition) is 1. The Hall–Kier alpha value is -3.39. The van der Waals surface area contributed by atoms with Crippen LogP contribution in [0.3, 0.4) is 0 Å². The van der Waals surface area contributed by atoms with Crippen LogP contribution in [-0.2, 0) is 9.53 Å². The maximum Gasteiger partial charge on any atom is 0.339 e. The second-order valence-corrected chi connectivity index (χ2v) is 7.40. The van der Waals surface area contributed by atoms with Gasteiger partial charge in [-0.05, 0) is 56.7 Å². The molecule has 0 unspecified atom stereocenters. The topological polar surface area (TPSA) is 79.2 Å². The van der Waals surface area contributed by atoms with E-state index in [9.17, 15) is 14.9 Å². The van der Waals surface area contributed by atoms with Gasteiger partial charge in [-0.25, -0.2) is 4.79 Å². The number of nitrogens with zero attached hydrogens (tertiary/aromatic N) is 1. The highest BCUT2D eigenvalue weighted by Crippen LogP contribution is 2.27. The third-order valence-electron chi connectivity index (χ3n) is 5.27. The van der Waals surface area contributed by atoms with Gasteiger partial charge in [-0.1, -0.05) is 48.0 Å². The van der Waals surface area contributed by atoms with Gasteiger partial charge in [0.1, 0.15) is 0 Å². The molecule has 3 rings (SSSR count). The van der Waals surface area contributed by atoms with E-state index in [0.717, 1.165) is 19.3 Å². The molecule has 0 bridgehead atoms. The Kier molecular flexibility index (Phi) is 7.40. The second-order valence-electron chi connectivity index (χ2n) is 7.40. The van der Waals surface area contributed by atoms with Gasteiger partial charge >= 0.3 is 5.97 Å². The van der Waals surface area contributed by atoms with Crippen molar-refractivity contribution in [3.63, 3.8) is 0 Å². The first kappa shape index (κ1) is 21.3. The molecule has 1 N–H and O–H groups in total. The monoisotopic (exact) mass is 402 g/mol. The lowest BCUT2D eigenvalue weighted by Crippen LogP contribution is -2.36. The minimum absolute atomic E-state index is 0.310. The number of allylic oxidation sites excluding steroid dienone is 1. The standard InChI is InChI=1S/C25H26N2O3/c1-18(24(28)27-16-15-19-9-3-2-4-10-19)30-25(29)23-14-8-7-13-22(23)21-12-6-5-11-20(21)17-26/h5-9,11-14,18H,2-4,10,15-16H2,1H3,(H,27,28)/t18-/m1/s1. The number of ether oxygens (including phenoxy) is 1. The first-order valence-corrected chi connectivity index (χ1v) is 10.3. The van der Waals surface area contributed by atoms with Crippen LogP contribution in [0.4, 0.5) is 0 Å². The van der Waals surface area contributed by atoms with Gasteiger partial charge in [0, 0.05) is 12.1 Å². The summed E-state index contributed by atoms with van der Waals surface area (Å²) in [6.45, 7) is 2.11. The van der Waals surface area contributed by atoms with Crippen LogP contribution in [0.25, 0.3) is 11.1 Å². The van der Waals surface area contributed by atoms with Gasteiger partial charge < -0.3 is 10.1 Å². The predicted octanol–water partition coefficient (Wildman–Crippen LogP) is 4.78. The molecule has 1 aliphatic rings. The highest BCUT2D eigenvalue weighted by Gasteiger charge is 2.21. The molecule has 0 aromatic heterocycles. The third-order valence-corrected chi connectivity index (χ3v) is 5.27. The molecule has 0 aliphatic heterocycles. The lowest BCUT2D eigenvalue weighted by molar-refractivity contribution is -0.129. The summed E-state index contributed by atoms with van der Waals surface area (Å²) in [6.07, 6.45) is 6.85. The van der Waals surface area contributed by atoms with Crippen molar-refractivity contribution in [1.29, 1.82) is 5.26 Å². The minimum atomic E-state index is -0.905. The first-order chi connectivity index (χ1) is 14.6. The molecule has 154 valence electrons. The van der Waals surface area contributed by atoms with Crippen LogP contribution in [0, 0.1) is 11.3 Å². The van der Waals surface area contributed by atoms with Crippen LogP contribution in [-0.4, -0.2) is 24.5 Å². The summed E-state index contributed by atoms with van der Waals surface area (Å²) >= 11 is 0.